The lowest BCUT2D eigenvalue weighted by atomic mass is 10.0. The number of carbonyl (C=O) groups excluding carboxylic acids is 1. The fourth-order valence-electron chi connectivity index (χ4n) is 1.18. The van der Waals surface area contributed by atoms with Gasteiger partial charge in [0, 0.05) is 5.56 Å². The number of benzene rings is 1. The van der Waals surface area contributed by atoms with Crippen LogP contribution in [0, 0.1) is 0 Å². The van der Waals surface area contributed by atoms with Gasteiger partial charge in [-0.25, -0.2) is 4.79 Å². The minimum Gasteiger partial charge on any atom is -0.478 e. The van der Waals surface area contributed by atoms with Gasteiger partial charge in [-0.3, -0.25) is 4.79 Å². The first-order valence-corrected chi connectivity index (χ1v) is 4.82. The molecule has 0 saturated carbocycles. The average molecular weight is 238 g/mol. The van der Waals surface area contributed by atoms with E-state index in [9.17, 15) is 9.59 Å². The van der Waals surface area contributed by atoms with Gasteiger partial charge < -0.3 is 16.2 Å². The molecule has 1 aromatic rings. The van der Waals surface area contributed by atoms with Gasteiger partial charge in [-0.15, -0.1) is 0 Å². The number of nitrogens with one attached hydrogen (secondary N) is 1. The highest BCUT2D eigenvalue weighted by Gasteiger charge is 2.15. The maximum absolute atomic E-state index is 11.6. The van der Waals surface area contributed by atoms with E-state index in [0.717, 1.165) is 0 Å². The zero-order valence-corrected chi connectivity index (χ0v) is 9.08. The Morgan fingerprint density at radius 1 is 1.31 bits per heavy atom. The summed E-state index contributed by atoms with van der Waals surface area (Å²) in [6.07, 6.45) is 0. The van der Waals surface area contributed by atoms with Gasteiger partial charge in [0.2, 0.25) is 0 Å². The third-order valence-corrected chi connectivity index (χ3v) is 2.03. The third-order valence-electron chi connectivity index (χ3n) is 1.88. The number of thiocarbonyl (C=S) groups is 1. The highest BCUT2D eigenvalue weighted by atomic mass is 32.1. The number of nitrogens with two attached hydrogens (primary N) is 1. The number of Topliss-reactive ketones (excluding diaryl/α,β-unsaturated/α-hetero) is 1. The maximum Gasteiger partial charge on any atom is 0.336 e. The number of rotatable bonds is 4. The van der Waals surface area contributed by atoms with E-state index in [1.165, 1.54) is 12.1 Å². The second kappa shape index (κ2) is 5.22. The maximum atomic E-state index is 11.6. The number of carboxylic acid groups (broad SMARTS) is 1. The highest BCUT2D eigenvalue weighted by Crippen LogP contribution is 2.09. The largest absolute Gasteiger partial charge is 0.478 e. The fraction of sp³-hybridized carbons (Fsp3) is 0.100. The van der Waals surface area contributed by atoms with Crippen LogP contribution in [-0.2, 0) is 0 Å². The van der Waals surface area contributed by atoms with Gasteiger partial charge in [-0.2, -0.15) is 0 Å². The van der Waals surface area contributed by atoms with Crippen molar-refractivity contribution in [2.45, 2.75) is 0 Å². The first kappa shape index (κ1) is 12.1. The lowest BCUT2D eigenvalue weighted by Crippen LogP contribution is -2.34. The normalized spacial score (nSPS) is 9.50. The van der Waals surface area contributed by atoms with Crippen molar-refractivity contribution >= 4 is 29.1 Å². The summed E-state index contributed by atoms with van der Waals surface area (Å²) in [5, 5.41) is 11.3. The van der Waals surface area contributed by atoms with E-state index in [-0.39, 0.29) is 28.6 Å². The molecule has 0 radical (unpaired) electrons. The first-order chi connectivity index (χ1) is 7.52. The van der Waals surface area contributed by atoms with Gasteiger partial charge in [0.15, 0.2) is 10.9 Å². The smallest absolute Gasteiger partial charge is 0.336 e. The van der Waals surface area contributed by atoms with Crippen LogP contribution in [0.25, 0.3) is 0 Å². The van der Waals surface area contributed by atoms with Crippen LogP contribution < -0.4 is 11.1 Å². The van der Waals surface area contributed by atoms with E-state index < -0.39 is 5.97 Å². The molecule has 4 N–H and O–H groups in total. The average Bonchev–Trinajstić information content (AvgIpc) is 2.25. The Balaban J connectivity index is 2.90. The van der Waals surface area contributed by atoms with E-state index in [2.05, 4.69) is 17.5 Å². The van der Waals surface area contributed by atoms with Gasteiger partial charge in [0.05, 0.1) is 12.1 Å². The van der Waals surface area contributed by atoms with Gasteiger partial charge in [0.1, 0.15) is 0 Å². The van der Waals surface area contributed by atoms with Crippen molar-refractivity contribution < 1.29 is 14.7 Å². The van der Waals surface area contributed by atoms with Gasteiger partial charge in [-0.1, -0.05) is 18.2 Å². The van der Waals surface area contributed by atoms with E-state index >= 15 is 0 Å². The molecule has 6 heteroatoms. The first-order valence-electron chi connectivity index (χ1n) is 4.41. The molecule has 0 heterocycles. The molecule has 0 fully saturated rings. The van der Waals surface area contributed by atoms with E-state index in [1.807, 2.05) is 0 Å². The third kappa shape index (κ3) is 3.03. The van der Waals surface area contributed by atoms with Crippen molar-refractivity contribution in [3.8, 4) is 0 Å². The number of ketones is 1. The van der Waals surface area contributed by atoms with E-state index in [0.29, 0.717) is 0 Å². The molecule has 0 aliphatic rings. The quantitative estimate of drug-likeness (QED) is 0.519. The summed E-state index contributed by atoms with van der Waals surface area (Å²) in [6, 6.07) is 5.98. The molecule has 5 nitrogen and oxygen atoms in total. The summed E-state index contributed by atoms with van der Waals surface area (Å²) in [5.74, 6) is -1.51. The van der Waals surface area contributed by atoms with Crippen molar-refractivity contribution in [3.63, 3.8) is 0 Å². The minimum atomic E-state index is -1.14. The molecule has 0 atom stereocenters. The number of hydrogen-bond acceptors (Lipinski definition) is 3. The summed E-state index contributed by atoms with van der Waals surface area (Å²) < 4.78 is 0. The van der Waals surface area contributed by atoms with Crippen LogP contribution in [0.5, 0.6) is 0 Å². The Kier molecular flexibility index (Phi) is 3.96. The van der Waals surface area contributed by atoms with Crippen molar-refractivity contribution in [2.24, 2.45) is 5.73 Å². The molecule has 1 rings (SSSR count). The van der Waals surface area contributed by atoms with Gasteiger partial charge >= 0.3 is 5.97 Å². The molecule has 0 amide bonds. The molecule has 0 aliphatic heterocycles. The molecule has 0 spiro atoms. The van der Waals surface area contributed by atoms with Crippen molar-refractivity contribution in [1.29, 1.82) is 0 Å². The van der Waals surface area contributed by atoms with E-state index in [4.69, 9.17) is 10.8 Å². The van der Waals surface area contributed by atoms with Crippen LogP contribution >= 0.6 is 12.2 Å². The van der Waals surface area contributed by atoms with Crippen molar-refractivity contribution in [3.05, 3.63) is 35.4 Å². The summed E-state index contributed by atoms with van der Waals surface area (Å²) >= 11 is 4.55. The summed E-state index contributed by atoms with van der Waals surface area (Å²) in [7, 11) is 0. The SMILES string of the molecule is NC(=S)NCC(=O)c1ccccc1C(=O)O. The Hall–Kier alpha value is -1.95. The molecule has 0 bridgehead atoms. The van der Waals surface area contributed by atoms with Crippen LogP contribution in [0.3, 0.4) is 0 Å². The summed E-state index contributed by atoms with van der Waals surface area (Å²) in [5.41, 5.74) is 5.28. The predicted molar refractivity (Wildman–Crippen MR) is 62.5 cm³/mol. The fourth-order valence-corrected chi connectivity index (χ4v) is 1.25. The molecule has 84 valence electrons. The second-order valence-electron chi connectivity index (χ2n) is 2.99. The Labute approximate surface area is 97.3 Å². The molecular weight excluding hydrogens is 228 g/mol. The Morgan fingerprint density at radius 3 is 2.38 bits per heavy atom. The lowest BCUT2D eigenvalue weighted by molar-refractivity contribution is 0.0692. The molecule has 0 aromatic heterocycles. The van der Waals surface area contributed by atoms with Crippen LogP contribution in [-0.4, -0.2) is 28.5 Å². The number of carboxylic acids is 1. The topological polar surface area (TPSA) is 92.4 Å². The van der Waals surface area contributed by atoms with Crippen LogP contribution in [0.15, 0.2) is 24.3 Å². The van der Waals surface area contributed by atoms with Crippen molar-refractivity contribution in [1.82, 2.24) is 5.32 Å². The highest BCUT2D eigenvalue weighted by molar-refractivity contribution is 7.80. The zero-order chi connectivity index (χ0) is 12.1. The molecule has 0 unspecified atom stereocenters. The predicted octanol–water partition coefficient (Wildman–Crippen LogP) is 0.401. The summed E-state index contributed by atoms with van der Waals surface area (Å²) in [6.45, 7) is -0.111. The minimum absolute atomic E-state index is 0.00107. The zero-order valence-electron chi connectivity index (χ0n) is 8.27. The lowest BCUT2D eigenvalue weighted by Gasteiger charge is -2.05. The Morgan fingerprint density at radius 2 is 1.88 bits per heavy atom. The number of carbonyl (C=O) groups is 2. The molecule has 0 aliphatic carbocycles. The standard InChI is InChI=1S/C10H10N2O3S/c11-10(16)12-5-8(13)6-3-1-2-4-7(6)9(14)15/h1-4H,5H2,(H,14,15)(H3,11,12,16). The molecule has 0 saturated heterocycles. The van der Waals surface area contributed by atoms with Gasteiger partial charge in [-0.05, 0) is 18.3 Å². The number of hydrogen-bond donors (Lipinski definition) is 3. The molecule has 16 heavy (non-hydrogen) atoms. The Bertz CT molecular complexity index is 445. The van der Waals surface area contributed by atoms with E-state index in [1.54, 1.807) is 12.1 Å². The van der Waals surface area contributed by atoms with Crippen LogP contribution in [0.1, 0.15) is 20.7 Å². The van der Waals surface area contributed by atoms with Crippen LogP contribution in [0.2, 0.25) is 0 Å². The summed E-state index contributed by atoms with van der Waals surface area (Å²) in [4.78, 5) is 22.5. The molecule has 1 aromatic carbocycles. The second-order valence-corrected chi connectivity index (χ2v) is 3.43. The molecular formula is C10H10N2O3S. The van der Waals surface area contributed by atoms with Gasteiger partial charge in [0.25, 0.3) is 0 Å². The number of aromatic carboxylic acids is 1. The van der Waals surface area contributed by atoms with Crippen molar-refractivity contribution in [2.75, 3.05) is 6.54 Å². The monoisotopic (exact) mass is 238 g/mol. The van der Waals surface area contributed by atoms with Crippen LogP contribution in [0.4, 0.5) is 0 Å².